The van der Waals surface area contributed by atoms with Crippen LogP contribution in [-0.4, -0.2) is 18.5 Å². The monoisotopic (exact) mass is 402 g/mol. The molecule has 0 fully saturated rings. The molecule has 0 bridgehead atoms. The molecule has 0 aliphatic carbocycles. The summed E-state index contributed by atoms with van der Waals surface area (Å²) in [5.74, 6) is 0.399. The van der Waals surface area contributed by atoms with Crippen molar-refractivity contribution in [3.8, 4) is 17.2 Å². The minimum Gasteiger partial charge on any atom is -0.462 e. The Morgan fingerprint density at radius 2 is 1.57 bits per heavy atom. The number of carbonyl (C=O) groups is 2. The van der Waals surface area contributed by atoms with E-state index >= 15 is 0 Å². The minimum atomic E-state index is -0.446. The van der Waals surface area contributed by atoms with Gasteiger partial charge in [0.1, 0.15) is 5.75 Å². The Balaban J connectivity index is 1.65. The van der Waals surface area contributed by atoms with Gasteiger partial charge in [-0.2, -0.15) is 0 Å². The van der Waals surface area contributed by atoms with E-state index in [1.165, 1.54) is 13.0 Å². The smallest absolute Gasteiger partial charge is 0.330 e. The zero-order chi connectivity index (χ0) is 21.2. The third-order valence-electron chi connectivity index (χ3n) is 4.08. The molecule has 0 unspecified atom stereocenters. The van der Waals surface area contributed by atoms with Crippen LogP contribution in [-0.2, 0) is 20.7 Å². The molecule has 3 aromatic rings. The molecule has 0 saturated carbocycles. The Morgan fingerprint density at radius 1 is 0.867 bits per heavy atom. The van der Waals surface area contributed by atoms with E-state index in [1.807, 2.05) is 48.5 Å². The summed E-state index contributed by atoms with van der Waals surface area (Å²) in [4.78, 5) is 23.4. The van der Waals surface area contributed by atoms with E-state index in [-0.39, 0.29) is 0 Å². The zero-order valence-corrected chi connectivity index (χ0v) is 16.6. The molecular formula is C25H22O5. The highest BCUT2D eigenvalue weighted by molar-refractivity contribution is 5.87. The van der Waals surface area contributed by atoms with Crippen LogP contribution in [0, 0.1) is 0 Å². The first-order chi connectivity index (χ1) is 14.6. The summed E-state index contributed by atoms with van der Waals surface area (Å²) < 4.78 is 16.3. The summed E-state index contributed by atoms with van der Waals surface area (Å²) >= 11 is 0. The molecule has 0 N–H and O–H groups in total. The second-order valence-electron chi connectivity index (χ2n) is 6.45. The highest BCUT2D eigenvalue weighted by Crippen LogP contribution is 2.33. The van der Waals surface area contributed by atoms with Crippen molar-refractivity contribution in [3.63, 3.8) is 0 Å². The van der Waals surface area contributed by atoms with Crippen LogP contribution in [0.5, 0.6) is 17.2 Å². The van der Waals surface area contributed by atoms with E-state index in [4.69, 9.17) is 14.2 Å². The van der Waals surface area contributed by atoms with Gasteiger partial charge >= 0.3 is 11.9 Å². The molecule has 0 aliphatic rings. The van der Waals surface area contributed by atoms with Crippen molar-refractivity contribution >= 4 is 18.0 Å². The van der Waals surface area contributed by atoms with Crippen molar-refractivity contribution in [3.05, 3.63) is 96.1 Å². The first kappa shape index (κ1) is 20.9. The fourth-order valence-electron chi connectivity index (χ4n) is 2.69. The number of hydrogen-bond acceptors (Lipinski definition) is 5. The molecule has 5 heteroatoms. The van der Waals surface area contributed by atoms with Crippen LogP contribution in [0.2, 0.25) is 0 Å². The molecule has 0 heterocycles. The predicted octanol–water partition coefficient (Wildman–Crippen LogP) is 5.20. The lowest BCUT2D eigenvalue weighted by atomic mass is 10.2. The minimum absolute atomic E-state index is 0.300. The van der Waals surface area contributed by atoms with Gasteiger partial charge in [0.05, 0.1) is 6.61 Å². The van der Waals surface area contributed by atoms with Gasteiger partial charge in [0, 0.05) is 19.4 Å². The molecule has 3 rings (SSSR count). The Labute approximate surface area is 175 Å². The average molecular weight is 402 g/mol. The Kier molecular flexibility index (Phi) is 7.39. The van der Waals surface area contributed by atoms with E-state index in [0.29, 0.717) is 35.8 Å². The molecule has 0 spiro atoms. The lowest BCUT2D eigenvalue weighted by Gasteiger charge is -2.11. The molecule has 0 aromatic heterocycles. The summed E-state index contributed by atoms with van der Waals surface area (Å²) in [6.45, 7) is 1.63. The third kappa shape index (κ3) is 6.63. The van der Waals surface area contributed by atoms with Crippen LogP contribution in [0.25, 0.3) is 6.08 Å². The molecule has 0 amide bonds. The topological polar surface area (TPSA) is 61.8 Å². The number of hydrogen-bond donors (Lipinski definition) is 0. The standard InChI is InChI=1S/C25H22O5/c1-19(26)29-23-14-12-21(18-24(23)30-22-10-6-3-7-11-22)13-15-25(27)28-17-16-20-8-4-2-5-9-20/h2-15,18H,16-17H2,1H3/b15-13-. The van der Waals surface area contributed by atoms with Gasteiger partial charge in [-0.25, -0.2) is 4.79 Å². The van der Waals surface area contributed by atoms with Gasteiger partial charge in [-0.3, -0.25) is 4.79 Å². The molecule has 30 heavy (non-hydrogen) atoms. The normalized spacial score (nSPS) is 10.6. The van der Waals surface area contributed by atoms with Crippen LogP contribution in [0.1, 0.15) is 18.1 Å². The van der Waals surface area contributed by atoms with Crippen molar-refractivity contribution in [1.29, 1.82) is 0 Å². The number of esters is 2. The van der Waals surface area contributed by atoms with Gasteiger partial charge in [0.2, 0.25) is 0 Å². The molecule has 3 aromatic carbocycles. The average Bonchev–Trinajstić information content (AvgIpc) is 2.75. The molecule has 0 aliphatic heterocycles. The van der Waals surface area contributed by atoms with Gasteiger partial charge in [-0.1, -0.05) is 54.6 Å². The van der Waals surface area contributed by atoms with Crippen LogP contribution < -0.4 is 9.47 Å². The third-order valence-corrected chi connectivity index (χ3v) is 4.08. The van der Waals surface area contributed by atoms with Crippen LogP contribution in [0.15, 0.2) is 84.9 Å². The number of carbonyl (C=O) groups excluding carboxylic acids is 2. The SMILES string of the molecule is CC(=O)Oc1ccc(/C=C\C(=O)OCCc2ccccc2)cc1Oc1ccccc1. The highest BCUT2D eigenvalue weighted by atomic mass is 16.6. The molecule has 0 saturated heterocycles. The molecule has 0 radical (unpaired) electrons. The van der Waals surface area contributed by atoms with Gasteiger partial charge in [-0.15, -0.1) is 0 Å². The van der Waals surface area contributed by atoms with E-state index in [0.717, 1.165) is 5.56 Å². The van der Waals surface area contributed by atoms with E-state index in [9.17, 15) is 9.59 Å². The first-order valence-electron chi connectivity index (χ1n) is 9.54. The molecule has 0 atom stereocenters. The number of benzene rings is 3. The quantitative estimate of drug-likeness (QED) is 0.294. The largest absolute Gasteiger partial charge is 0.462 e. The van der Waals surface area contributed by atoms with E-state index in [2.05, 4.69) is 0 Å². The van der Waals surface area contributed by atoms with Crippen molar-refractivity contribution in [2.45, 2.75) is 13.3 Å². The van der Waals surface area contributed by atoms with E-state index in [1.54, 1.807) is 36.4 Å². The molecule has 5 nitrogen and oxygen atoms in total. The maximum atomic E-state index is 12.0. The predicted molar refractivity (Wildman–Crippen MR) is 114 cm³/mol. The zero-order valence-electron chi connectivity index (χ0n) is 16.6. The fourth-order valence-corrected chi connectivity index (χ4v) is 2.69. The first-order valence-corrected chi connectivity index (χ1v) is 9.54. The number of para-hydroxylation sites is 1. The second kappa shape index (κ2) is 10.6. The van der Waals surface area contributed by atoms with Crippen molar-refractivity contribution in [1.82, 2.24) is 0 Å². The molecule has 152 valence electrons. The maximum Gasteiger partial charge on any atom is 0.330 e. The summed E-state index contributed by atoms with van der Waals surface area (Å²) in [5.41, 5.74) is 1.81. The van der Waals surface area contributed by atoms with Gasteiger partial charge < -0.3 is 14.2 Å². The summed E-state index contributed by atoms with van der Waals surface area (Å²) in [5, 5.41) is 0. The summed E-state index contributed by atoms with van der Waals surface area (Å²) in [7, 11) is 0. The Morgan fingerprint density at radius 3 is 2.27 bits per heavy atom. The van der Waals surface area contributed by atoms with Gasteiger partial charge in [0.15, 0.2) is 11.5 Å². The summed E-state index contributed by atoms with van der Waals surface area (Å²) in [6, 6.07) is 24.0. The fraction of sp³-hybridized carbons (Fsp3) is 0.120. The Hall–Kier alpha value is -3.86. The lowest BCUT2D eigenvalue weighted by Crippen LogP contribution is -2.04. The van der Waals surface area contributed by atoms with Crippen LogP contribution >= 0.6 is 0 Å². The van der Waals surface area contributed by atoms with Crippen LogP contribution in [0.4, 0.5) is 0 Å². The van der Waals surface area contributed by atoms with Gasteiger partial charge in [0.25, 0.3) is 0 Å². The summed E-state index contributed by atoms with van der Waals surface area (Å²) in [6.07, 6.45) is 3.64. The maximum absolute atomic E-state index is 12.0. The number of rotatable bonds is 8. The number of ether oxygens (including phenoxy) is 3. The van der Waals surface area contributed by atoms with E-state index < -0.39 is 11.9 Å². The second-order valence-corrected chi connectivity index (χ2v) is 6.45. The highest BCUT2D eigenvalue weighted by Gasteiger charge is 2.10. The van der Waals surface area contributed by atoms with Crippen molar-refractivity contribution in [2.75, 3.05) is 6.61 Å². The lowest BCUT2D eigenvalue weighted by molar-refractivity contribution is -0.137. The van der Waals surface area contributed by atoms with Gasteiger partial charge in [-0.05, 0) is 41.5 Å². The Bertz CT molecular complexity index is 1010. The van der Waals surface area contributed by atoms with Crippen molar-refractivity contribution in [2.24, 2.45) is 0 Å². The van der Waals surface area contributed by atoms with Crippen LogP contribution in [0.3, 0.4) is 0 Å². The molecular weight excluding hydrogens is 380 g/mol. The van der Waals surface area contributed by atoms with Crippen molar-refractivity contribution < 1.29 is 23.8 Å².